The summed E-state index contributed by atoms with van der Waals surface area (Å²) in [6.07, 6.45) is 1.22. The van der Waals surface area contributed by atoms with Crippen molar-refractivity contribution in [2.24, 2.45) is 0 Å². The minimum Gasteiger partial charge on any atom is -0.296 e. The molecule has 1 aliphatic heterocycles. The van der Waals surface area contributed by atoms with E-state index >= 15 is 0 Å². The van der Waals surface area contributed by atoms with Crippen LogP contribution in [0.5, 0.6) is 0 Å². The fraction of sp³-hybridized carbons (Fsp3) is 1.00. The predicted octanol–water partition coefficient (Wildman–Crippen LogP) is 2.20. The zero-order valence-electron chi connectivity index (χ0n) is 8.39. The molecule has 12 heavy (non-hydrogen) atoms. The minimum atomic E-state index is -0.0764. The highest BCUT2D eigenvalue weighted by Crippen LogP contribution is 2.26. The van der Waals surface area contributed by atoms with E-state index < -0.39 is 0 Å². The van der Waals surface area contributed by atoms with E-state index in [9.17, 15) is 0 Å². The topological polar surface area (TPSA) is 21.3 Å². The van der Waals surface area contributed by atoms with E-state index in [-0.39, 0.29) is 5.60 Å². The Balaban J connectivity index is 2.23. The summed E-state index contributed by atoms with van der Waals surface area (Å²) in [4.78, 5) is 5.52. The average molecular weight is 189 g/mol. The van der Waals surface area contributed by atoms with Crippen LogP contribution in [0.25, 0.3) is 0 Å². The molecule has 1 N–H and O–H groups in total. The lowest BCUT2D eigenvalue weighted by Gasteiger charge is -2.24. The number of nitrogens with one attached hydrogen (secondary N) is 1. The zero-order valence-corrected chi connectivity index (χ0v) is 9.20. The Labute approximate surface area is 79.4 Å². The highest BCUT2D eigenvalue weighted by Gasteiger charge is 2.25. The summed E-state index contributed by atoms with van der Waals surface area (Å²) in [6.45, 7) is 8.44. The molecule has 2 unspecified atom stereocenters. The highest BCUT2D eigenvalue weighted by atomic mass is 32.2. The lowest BCUT2D eigenvalue weighted by molar-refractivity contribution is -0.0873. The standard InChI is InChI=1S/C9H19NOS/c1-7-8(5-6-12-7)10-11-9(2,3)4/h7-8,10H,5-6H2,1-4H3. The van der Waals surface area contributed by atoms with Gasteiger partial charge in [-0.15, -0.1) is 0 Å². The van der Waals surface area contributed by atoms with Crippen LogP contribution in [0.3, 0.4) is 0 Å². The Morgan fingerprint density at radius 3 is 2.50 bits per heavy atom. The normalized spacial score (nSPS) is 31.0. The molecule has 0 aromatic rings. The Morgan fingerprint density at radius 1 is 1.42 bits per heavy atom. The van der Waals surface area contributed by atoms with Crippen LogP contribution in [0.15, 0.2) is 0 Å². The van der Waals surface area contributed by atoms with Gasteiger partial charge in [-0.1, -0.05) is 6.92 Å². The fourth-order valence-electron chi connectivity index (χ4n) is 1.14. The summed E-state index contributed by atoms with van der Waals surface area (Å²) in [5, 5.41) is 0.687. The first-order chi connectivity index (χ1) is 5.49. The van der Waals surface area contributed by atoms with E-state index in [4.69, 9.17) is 4.84 Å². The molecule has 0 aromatic carbocycles. The average Bonchev–Trinajstić information content (AvgIpc) is 2.29. The van der Waals surface area contributed by atoms with Crippen molar-refractivity contribution in [1.82, 2.24) is 5.48 Å². The molecule has 1 heterocycles. The third-order valence-electron chi connectivity index (χ3n) is 1.89. The smallest absolute Gasteiger partial charge is 0.0813 e. The van der Waals surface area contributed by atoms with Gasteiger partial charge in [0, 0.05) is 11.3 Å². The summed E-state index contributed by atoms with van der Waals surface area (Å²) in [7, 11) is 0. The van der Waals surface area contributed by atoms with Crippen molar-refractivity contribution in [3.8, 4) is 0 Å². The van der Waals surface area contributed by atoms with Crippen LogP contribution >= 0.6 is 11.8 Å². The summed E-state index contributed by atoms with van der Waals surface area (Å²) in [5.74, 6) is 1.26. The van der Waals surface area contributed by atoms with Crippen molar-refractivity contribution in [2.45, 2.75) is 51.0 Å². The first-order valence-electron chi connectivity index (χ1n) is 4.54. The van der Waals surface area contributed by atoms with E-state index in [0.29, 0.717) is 11.3 Å². The second kappa shape index (κ2) is 3.99. The molecule has 0 aromatic heterocycles. The molecule has 1 rings (SSSR count). The Bertz CT molecular complexity index is 144. The molecule has 0 bridgehead atoms. The van der Waals surface area contributed by atoms with Gasteiger partial charge in [0.15, 0.2) is 0 Å². The van der Waals surface area contributed by atoms with Crippen LogP contribution in [-0.2, 0) is 4.84 Å². The molecule has 72 valence electrons. The van der Waals surface area contributed by atoms with E-state index in [0.717, 1.165) is 0 Å². The molecule has 1 fully saturated rings. The third kappa shape index (κ3) is 3.33. The summed E-state index contributed by atoms with van der Waals surface area (Å²) in [5.41, 5.74) is 3.07. The van der Waals surface area contributed by atoms with E-state index in [1.165, 1.54) is 12.2 Å². The number of thioether (sulfide) groups is 1. The molecule has 2 nitrogen and oxygen atoms in total. The molecule has 0 amide bonds. The molecular formula is C9H19NOS. The van der Waals surface area contributed by atoms with Gasteiger partial charge in [0.2, 0.25) is 0 Å². The van der Waals surface area contributed by atoms with Gasteiger partial charge < -0.3 is 0 Å². The molecule has 0 aliphatic carbocycles. The maximum absolute atomic E-state index is 5.52. The Kier molecular flexibility index (Phi) is 3.44. The molecule has 3 heteroatoms. The molecular weight excluding hydrogens is 170 g/mol. The van der Waals surface area contributed by atoms with Crippen molar-refractivity contribution >= 4 is 11.8 Å². The van der Waals surface area contributed by atoms with Gasteiger partial charge in [-0.2, -0.15) is 17.2 Å². The number of hydrogen-bond donors (Lipinski definition) is 1. The lowest BCUT2D eigenvalue weighted by Crippen LogP contribution is -2.39. The third-order valence-corrected chi connectivity index (χ3v) is 3.22. The van der Waals surface area contributed by atoms with Crippen LogP contribution in [0, 0.1) is 0 Å². The second-order valence-electron chi connectivity index (χ2n) is 4.30. The van der Waals surface area contributed by atoms with Gasteiger partial charge in [-0.25, -0.2) is 0 Å². The van der Waals surface area contributed by atoms with Gasteiger partial charge in [-0.05, 0) is 32.9 Å². The van der Waals surface area contributed by atoms with E-state index in [1.807, 2.05) is 11.8 Å². The second-order valence-corrected chi connectivity index (χ2v) is 5.79. The van der Waals surface area contributed by atoms with Crippen LogP contribution in [0.4, 0.5) is 0 Å². The van der Waals surface area contributed by atoms with E-state index in [2.05, 4.69) is 33.2 Å². The Morgan fingerprint density at radius 2 is 2.08 bits per heavy atom. The number of hydroxylamine groups is 1. The predicted molar refractivity (Wildman–Crippen MR) is 54.3 cm³/mol. The van der Waals surface area contributed by atoms with Gasteiger partial charge in [0.05, 0.1) is 5.60 Å². The van der Waals surface area contributed by atoms with Crippen molar-refractivity contribution in [3.05, 3.63) is 0 Å². The maximum atomic E-state index is 5.52. The molecule has 0 spiro atoms. The zero-order chi connectivity index (χ0) is 9.19. The quantitative estimate of drug-likeness (QED) is 0.673. The largest absolute Gasteiger partial charge is 0.296 e. The van der Waals surface area contributed by atoms with E-state index in [1.54, 1.807) is 0 Å². The van der Waals surface area contributed by atoms with Gasteiger partial charge in [-0.3, -0.25) is 4.84 Å². The minimum absolute atomic E-state index is 0.0764. The van der Waals surface area contributed by atoms with Crippen molar-refractivity contribution in [2.75, 3.05) is 5.75 Å². The molecule has 1 aliphatic rings. The maximum Gasteiger partial charge on any atom is 0.0813 e. The number of hydrogen-bond acceptors (Lipinski definition) is 3. The van der Waals surface area contributed by atoms with Crippen LogP contribution in [0.2, 0.25) is 0 Å². The fourth-order valence-corrected chi connectivity index (χ4v) is 2.32. The van der Waals surface area contributed by atoms with Crippen molar-refractivity contribution < 1.29 is 4.84 Å². The molecule has 0 saturated carbocycles. The monoisotopic (exact) mass is 189 g/mol. The first-order valence-corrected chi connectivity index (χ1v) is 5.59. The van der Waals surface area contributed by atoms with Gasteiger partial charge >= 0.3 is 0 Å². The first kappa shape index (κ1) is 10.4. The molecule has 1 saturated heterocycles. The summed E-state index contributed by atoms with van der Waals surface area (Å²) in [6, 6.07) is 0.536. The summed E-state index contributed by atoms with van der Waals surface area (Å²) < 4.78 is 0. The van der Waals surface area contributed by atoms with Crippen molar-refractivity contribution in [3.63, 3.8) is 0 Å². The highest BCUT2D eigenvalue weighted by molar-refractivity contribution is 8.00. The Hall–Kier alpha value is 0.270. The molecule has 2 atom stereocenters. The van der Waals surface area contributed by atoms with Crippen LogP contribution < -0.4 is 5.48 Å². The lowest BCUT2D eigenvalue weighted by atomic mass is 10.2. The van der Waals surface area contributed by atoms with Crippen LogP contribution in [0.1, 0.15) is 34.1 Å². The van der Waals surface area contributed by atoms with Crippen molar-refractivity contribution in [1.29, 1.82) is 0 Å². The SMILES string of the molecule is CC1SCCC1NOC(C)(C)C. The summed E-state index contributed by atoms with van der Waals surface area (Å²) >= 11 is 2.01. The molecule has 0 radical (unpaired) electrons. The van der Waals surface area contributed by atoms with Gasteiger partial charge in [0.1, 0.15) is 0 Å². The number of rotatable bonds is 2. The van der Waals surface area contributed by atoms with Crippen LogP contribution in [-0.4, -0.2) is 22.6 Å². The van der Waals surface area contributed by atoms with Gasteiger partial charge in [0.25, 0.3) is 0 Å².